The maximum Gasteiger partial charge on any atom is 0.419 e. The predicted octanol–water partition coefficient (Wildman–Crippen LogP) is 6.17. The summed E-state index contributed by atoms with van der Waals surface area (Å²) >= 11 is 3.07. The highest BCUT2D eigenvalue weighted by Crippen LogP contribution is 2.39. The van der Waals surface area contributed by atoms with Gasteiger partial charge in [0.25, 0.3) is 5.69 Å². The molecule has 0 atom stereocenters. The zero-order chi connectivity index (χ0) is 26.5. The van der Waals surface area contributed by atoms with E-state index in [4.69, 9.17) is 14.2 Å². The lowest BCUT2D eigenvalue weighted by Gasteiger charge is -2.29. The monoisotopic (exact) mass is 550 g/mol. The molecule has 1 aromatic heterocycles. The van der Waals surface area contributed by atoms with Gasteiger partial charge in [0, 0.05) is 28.6 Å². The van der Waals surface area contributed by atoms with Crippen LogP contribution < -0.4 is 23.4 Å². The molecular weight excluding hydrogens is 528 g/mol. The molecule has 4 aromatic rings. The summed E-state index contributed by atoms with van der Waals surface area (Å²) in [6, 6.07) is 18.9. The first kappa shape index (κ1) is 25.4. The molecule has 1 aliphatic heterocycles. The molecule has 0 saturated carbocycles. The van der Waals surface area contributed by atoms with Gasteiger partial charge in [-0.15, -0.1) is 11.3 Å². The summed E-state index contributed by atoms with van der Waals surface area (Å²) in [5.74, 6) is 1.58. The largest absolute Gasteiger partial charge is 0.497 e. The maximum atomic E-state index is 12.9. The van der Waals surface area contributed by atoms with Crippen molar-refractivity contribution in [1.29, 1.82) is 0 Å². The normalized spacial score (nSPS) is 12.3. The van der Waals surface area contributed by atoms with Gasteiger partial charge < -0.3 is 14.2 Å². The molecule has 0 radical (unpaired) electrons. The van der Waals surface area contributed by atoms with E-state index in [2.05, 4.69) is 9.29 Å². The molecule has 0 spiro atoms. The Bertz CT molecular complexity index is 1410. The van der Waals surface area contributed by atoms with E-state index in [0.717, 1.165) is 21.3 Å². The summed E-state index contributed by atoms with van der Waals surface area (Å²) < 4.78 is 18.7. The minimum atomic E-state index is -0.590. The van der Waals surface area contributed by atoms with Crippen LogP contribution in [0.4, 0.5) is 21.3 Å². The fourth-order valence-corrected chi connectivity index (χ4v) is 5.41. The number of carbonyl (C=O) groups excluding carboxylic acids is 1. The number of fused-ring (bicyclic) bond motifs is 1. The standard InChI is InChI=1S/C26H22N4O6S2/c1-34-20-6-2-18(3-7-20)17-29(25-27-12-15-37-25)38-22-10-11-23-24(16-22)35-14-13-28(23)26(31)36-21-8-4-19(5-9-21)30(32)33/h2-12,15-16H,13-14,17H2,1H3. The highest BCUT2D eigenvalue weighted by molar-refractivity contribution is 8.00. The van der Waals surface area contributed by atoms with Gasteiger partial charge in [0.1, 0.15) is 23.9 Å². The number of benzene rings is 3. The van der Waals surface area contributed by atoms with Crippen molar-refractivity contribution in [2.24, 2.45) is 0 Å². The first-order valence-electron chi connectivity index (χ1n) is 11.5. The zero-order valence-corrected chi connectivity index (χ0v) is 21.8. The van der Waals surface area contributed by atoms with E-state index in [0.29, 0.717) is 31.1 Å². The van der Waals surface area contributed by atoms with E-state index in [1.54, 1.807) is 24.6 Å². The van der Waals surface area contributed by atoms with Crippen molar-refractivity contribution in [3.05, 3.63) is 94.0 Å². The van der Waals surface area contributed by atoms with E-state index in [-0.39, 0.29) is 11.4 Å². The Kier molecular flexibility index (Phi) is 7.61. The molecule has 0 saturated heterocycles. The first-order valence-corrected chi connectivity index (χ1v) is 13.1. The van der Waals surface area contributed by atoms with Crippen LogP contribution in [0.2, 0.25) is 0 Å². The van der Waals surface area contributed by atoms with Gasteiger partial charge in [-0.2, -0.15) is 0 Å². The topological polar surface area (TPSA) is 107 Å². The van der Waals surface area contributed by atoms with Crippen molar-refractivity contribution < 1.29 is 23.9 Å². The van der Waals surface area contributed by atoms with Gasteiger partial charge in [0.2, 0.25) is 0 Å². The van der Waals surface area contributed by atoms with Gasteiger partial charge in [0.15, 0.2) is 5.13 Å². The van der Waals surface area contributed by atoms with Crippen LogP contribution in [0.15, 0.2) is 83.2 Å². The third-order valence-electron chi connectivity index (χ3n) is 5.60. The first-order chi connectivity index (χ1) is 18.5. The van der Waals surface area contributed by atoms with Gasteiger partial charge in [-0.25, -0.2) is 9.78 Å². The molecule has 0 bridgehead atoms. The third kappa shape index (κ3) is 5.82. The molecule has 0 N–H and O–H groups in total. The number of anilines is 2. The molecule has 1 amide bonds. The second kappa shape index (κ2) is 11.4. The van der Waals surface area contributed by atoms with Gasteiger partial charge in [0.05, 0.1) is 30.8 Å². The van der Waals surface area contributed by atoms with Crippen LogP contribution in [0.25, 0.3) is 0 Å². The number of hydrogen-bond acceptors (Lipinski definition) is 10. The van der Waals surface area contributed by atoms with Crippen molar-refractivity contribution in [3.63, 3.8) is 0 Å². The summed E-state index contributed by atoms with van der Waals surface area (Å²) in [6.07, 6.45) is 1.18. The van der Waals surface area contributed by atoms with Crippen LogP contribution in [0.3, 0.4) is 0 Å². The smallest absolute Gasteiger partial charge is 0.419 e. The highest BCUT2D eigenvalue weighted by atomic mass is 32.2. The lowest BCUT2D eigenvalue weighted by Crippen LogP contribution is -2.39. The summed E-state index contributed by atoms with van der Waals surface area (Å²) in [5, 5.41) is 13.6. The van der Waals surface area contributed by atoms with Crippen molar-refractivity contribution in [2.75, 3.05) is 29.5 Å². The van der Waals surface area contributed by atoms with Crippen molar-refractivity contribution >= 4 is 45.9 Å². The SMILES string of the molecule is COc1ccc(CN(Sc2ccc3c(c2)OCCN3C(=O)Oc2ccc([N+](=O)[O-])cc2)c2nccs2)cc1. The zero-order valence-electron chi connectivity index (χ0n) is 20.2. The molecule has 3 aromatic carbocycles. The van der Waals surface area contributed by atoms with Crippen LogP contribution in [-0.4, -0.2) is 36.3 Å². The number of ether oxygens (including phenoxy) is 3. The Morgan fingerprint density at radius 1 is 1.16 bits per heavy atom. The number of aromatic nitrogens is 1. The minimum Gasteiger partial charge on any atom is -0.497 e. The lowest BCUT2D eigenvalue weighted by atomic mass is 10.2. The molecule has 10 nitrogen and oxygen atoms in total. The van der Waals surface area contributed by atoms with Crippen molar-refractivity contribution in [2.45, 2.75) is 11.4 Å². The van der Waals surface area contributed by atoms with E-state index in [9.17, 15) is 14.9 Å². The van der Waals surface area contributed by atoms with Crippen molar-refractivity contribution in [1.82, 2.24) is 4.98 Å². The number of thiazole rings is 1. The molecule has 194 valence electrons. The average molecular weight is 551 g/mol. The number of nitro benzene ring substituents is 1. The number of nitro groups is 1. The van der Waals surface area contributed by atoms with Gasteiger partial charge in [-0.1, -0.05) is 12.1 Å². The molecular formula is C26H22N4O6S2. The molecule has 0 fully saturated rings. The summed E-state index contributed by atoms with van der Waals surface area (Å²) in [6.45, 7) is 1.24. The van der Waals surface area contributed by atoms with Gasteiger partial charge >= 0.3 is 6.09 Å². The lowest BCUT2D eigenvalue weighted by molar-refractivity contribution is -0.384. The second-order valence-corrected chi connectivity index (χ2v) is 10.0. The Labute approximate surface area is 226 Å². The number of non-ortho nitro benzene ring substituents is 1. The number of nitrogens with zero attached hydrogens (tertiary/aromatic N) is 4. The van der Waals surface area contributed by atoms with E-state index in [1.165, 1.54) is 41.1 Å². The molecule has 2 heterocycles. The number of amides is 1. The number of carbonyl (C=O) groups is 1. The summed E-state index contributed by atoms with van der Waals surface area (Å²) in [4.78, 5) is 30.1. The Balaban J connectivity index is 1.32. The van der Waals surface area contributed by atoms with Gasteiger partial charge in [-0.3, -0.25) is 19.3 Å². The van der Waals surface area contributed by atoms with Crippen LogP contribution in [-0.2, 0) is 6.54 Å². The quantitative estimate of drug-likeness (QED) is 0.145. The van der Waals surface area contributed by atoms with Crippen molar-refractivity contribution in [3.8, 4) is 17.2 Å². The van der Waals surface area contributed by atoms with E-state index < -0.39 is 11.0 Å². The fraction of sp³-hybridized carbons (Fsp3) is 0.154. The molecule has 5 rings (SSSR count). The fourth-order valence-electron chi connectivity index (χ4n) is 3.74. The van der Waals surface area contributed by atoms with Crippen LogP contribution >= 0.6 is 23.3 Å². The minimum absolute atomic E-state index is 0.0784. The van der Waals surface area contributed by atoms with E-state index >= 15 is 0 Å². The second-order valence-electron chi connectivity index (χ2n) is 8.04. The number of methoxy groups -OCH3 is 1. The molecule has 12 heteroatoms. The van der Waals surface area contributed by atoms with Crippen LogP contribution in [0, 0.1) is 10.1 Å². The molecule has 38 heavy (non-hydrogen) atoms. The van der Waals surface area contributed by atoms with Gasteiger partial charge in [-0.05, 0) is 60.0 Å². The summed E-state index contributed by atoms with van der Waals surface area (Å²) in [7, 11) is 1.64. The van der Waals surface area contributed by atoms with Crippen LogP contribution in [0.5, 0.6) is 17.2 Å². The predicted molar refractivity (Wildman–Crippen MR) is 146 cm³/mol. The Hall–Kier alpha value is -4.29. The average Bonchev–Trinajstić information content (AvgIpc) is 3.48. The number of hydrogen-bond donors (Lipinski definition) is 0. The number of rotatable bonds is 8. The summed E-state index contributed by atoms with van der Waals surface area (Å²) in [5.41, 5.74) is 1.61. The molecule has 0 aliphatic carbocycles. The highest BCUT2D eigenvalue weighted by Gasteiger charge is 2.26. The maximum absolute atomic E-state index is 12.9. The molecule has 0 unspecified atom stereocenters. The molecule has 1 aliphatic rings. The van der Waals surface area contributed by atoms with E-state index in [1.807, 2.05) is 47.8 Å². The third-order valence-corrected chi connectivity index (χ3v) is 7.50. The Morgan fingerprint density at radius 3 is 2.61 bits per heavy atom. The van der Waals surface area contributed by atoms with Crippen LogP contribution in [0.1, 0.15) is 5.56 Å². The Morgan fingerprint density at radius 2 is 1.92 bits per heavy atom.